The first kappa shape index (κ1) is 21.0. The number of hydrogen-bond donors (Lipinski definition) is 1. The average molecular weight is 402 g/mol. The molecular formula is C22H26O7. The molecule has 4 atom stereocenters. The molecule has 1 heterocycles. The normalized spacial score (nSPS) is 36.9. The molecule has 0 radical (unpaired) electrons. The van der Waals surface area contributed by atoms with Gasteiger partial charge in [0.05, 0.1) is 0 Å². The van der Waals surface area contributed by atoms with Crippen molar-refractivity contribution in [3.63, 3.8) is 0 Å². The Hall–Kier alpha value is -2.70. The molecule has 156 valence electrons. The monoisotopic (exact) mass is 402 g/mol. The van der Waals surface area contributed by atoms with Crippen molar-refractivity contribution >= 4 is 23.7 Å². The van der Waals surface area contributed by atoms with Crippen molar-refractivity contribution in [3.8, 4) is 0 Å². The van der Waals surface area contributed by atoms with Crippen LogP contribution in [0.1, 0.15) is 53.4 Å². The van der Waals surface area contributed by atoms with Gasteiger partial charge in [0.25, 0.3) is 0 Å². The van der Waals surface area contributed by atoms with Crippen LogP contribution >= 0.6 is 0 Å². The molecule has 0 aromatic heterocycles. The Labute approximate surface area is 169 Å². The molecule has 1 saturated carbocycles. The summed E-state index contributed by atoms with van der Waals surface area (Å²) in [5.74, 6) is -2.60. The molecule has 7 nitrogen and oxygen atoms in total. The second-order valence-corrected chi connectivity index (χ2v) is 8.44. The molecule has 2 aliphatic carbocycles. The van der Waals surface area contributed by atoms with Gasteiger partial charge in [0, 0.05) is 31.3 Å². The van der Waals surface area contributed by atoms with E-state index in [1.165, 1.54) is 19.9 Å². The van der Waals surface area contributed by atoms with E-state index >= 15 is 0 Å². The lowest BCUT2D eigenvalue weighted by Crippen LogP contribution is -2.65. The number of allylic oxidation sites excluding steroid dienone is 3. The zero-order valence-corrected chi connectivity index (χ0v) is 17.1. The third-order valence-electron chi connectivity index (χ3n) is 6.68. The first-order valence-electron chi connectivity index (χ1n) is 9.70. The van der Waals surface area contributed by atoms with Crippen LogP contribution in [0, 0.1) is 11.3 Å². The number of rotatable bonds is 4. The largest absolute Gasteiger partial charge is 0.478 e. The van der Waals surface area contributed by atoms with Gasteiger partial charge < -0.3 is 14.6 Å². The predicted octanol–water partition coefficient (Wildman–Crippen LogP) is 2.90. The molecule has 1 saturated heterocycles. The van der Waals surface area contributed by atoms with Gasteiger partial charge in [-0.05, 0) is 45.3 Å². The maximum atomic E-state index is 13.3. The van der Waals surface area contributed by atoms with E-state index in [9.17, 15) is 19.2 Å². The zero-order chi connectivity index (χ0) is 21.6. The molecule has 7 heteroatoms. The molecule has 0 aromatic rings. The van der Waals surface area contributed by atoms with Crippen LogP contribution < -0.4 is 0 Å². The molecule has 1 N–H and O–H groups in total. The Morgan fingerprint density at radius 3 is 2.62 bits per heavy atom. The van der Waals surface area contributed by atoms with Crippen LogP contribution in [-0.4, -0.2) is 40.0 Å². The van der Waals surface area contributed by atoms with Crippen LogP contribution in [0.25, 0.3) is 0 Å². The summed E-state index contributed by atoms with van der Waals surface area (Å²) in [4.78, 5) is 49.0. The summed E-state index contributed by atoms with van der Waals surface area (Å²) in [5.41, 5.74) is -2.78. The number of ether oxygens (including phenoxy) is 2. The summed E-state index contributed by atoms with van der Waals surface area (Å²) in [5, 5.41) is 9.02. The summed E-state index contributed by atoms with van der Waals surface area (Å²) >= 11 is 0. The number of hydrogen-bond acceptors (Lipinski definition) is 6. The predicted molar refractivity (Wildman–Crippen MR) is 103 cm³/mol. The topological polar surface area (TPSA) is 107 Å². The highest BCUT2D eigenvalue weighted by molar-refractivity contribution is 6.00. The van der Waals surface area contributed by atoms with Crippen LogP contribution in [0.5, 0.6) is 0 Å². The van der Waals surface area contributed by atoms with E-state index in [-0.39, 0.29) is 30.1 Å². The van der Waals surface area contributed by atoms with E-state index in [0.29, 0.717) is 18.4 Å². The van der Waals surface area contributed by atoms with E-state index in [1.54, 1.807) is 32.1 Å². The Morgan fingerprint density at radius 2 is 2.00 bits per heavy atom. The van der Waals surface area contributed by atoms with Gasteiger partial charge in [-0.1, -0.05) is 18.2 Å². The molecule has 1 aliphatic heterocycles. The lowest BCUT2D eigenvalue weighted by molar-refractivity contribution is -0.233. The van der Waals surface area contributed by atoms with Crippen molar-refractivity contribution in [2.24, 2.45) is 11.3 Å². The molecular weight excluding hydrogens is 376 g/mol. The molecule has 2 fully saturated rings. The minimum atomic E-state index is -1.20. The lowest BCUT2D eigenvalue weighted by Gasteiger charge is -2.53. The fourth-order valence-electron chi connectivity index (χ4n) is 5.11. The Morgan fingerprint density at radius 1 is 1.31 bits per heavy atom. The minimum absolute atomic E-state index is 0.0459. The lowest BCUT2D eigenvalue weighted by atomic mass is 9.62. The van der Waals surface area contributed by atoms with E-state index < -0.39 is 34.5 Å². The van der Waals surface area contributed by atoms with Crippen LogP contribution in [-0.2, 0) is 28.7 Å². The number of carbonyl (C=O) groups excluding carboxylic acids is 3. The van der Waals surface area contributed by atoms with Crippen LogP contribution in [0.3, 0.4) is 0 Å². The highest BCUT2D eigenvalue weighted by Crippen LogP contribution is 2.65. The number of ketones is 1. The summed E-state index contributed by atoms with van der Waals surface area (Å²) in [6, 6.07) is 0. The van der Waals surface area contributed by atoms with Crippen molar-refractivity contribution in [2.45, 2.75) is 64.6 Å². The van der Waals surface area contributed by atoms with Crippen LogP contribution in [0.4, 0.5) is 0 Å². The summed E-state index contributed by atoms with van der Waals surface area (Å²) in [6.07, 6.45) is 7.52. The molecule has 0 aromatic carbocycles. The Kier molecular flexibility index (Phi) is 5.05. The third-order valence-corrected chi connectivity index (χ3v) is 6.68. The maximum absolute atomic E-state index is 13.3. The number of Topliss-reactive ketones (excluding diaryl/α,β-unsaturated/α-hetero) is 1. The number of esters is 2. The van der Waals surface area contributed by atoms with Gasteiger partial charge in [-0.25, -0.2) is 4.79 Å². The van der Waals surface area contributed by atoms with Gasteiger partial charge in [-0.3, -0.25) is 14.4 Å². The van der Waals surface area contributed by atoms with Crippen molar-refractivity contribution < 1.29 is 33.8 Å². The Balaban J connectivity index is 2.11. The quantitative estimate of drug-likeness (QED) is 0.438. The van der Waals surface area contributed by atoms with Crippen molar-refractivity contribution in [2.75, 3.05) is 0 Å². The average Bonchev–Trinajstić information content (AvgIpc) is 2.81. The molecule has 0 amide bonds. The number of carbonyl (C=O) groups is 4. The fraction of sp³-hybridized carbons (Fsp3) is 0.545. The standard InChI is InChI=1S/C22H26O7/c1-13-7-11-22(28-15(3)23)17-8-10-21(22,12-16(13)24)19(27)29-20(17,4)9-5-6-14(2)18(25)26/h5-7,9,17H,8,10-12H2,1-4H3,(H,25,26)/b9-5+,14-6+/t17-,20+,21-,22-/m0/s1. The van der Waals surface area contributed by atoms with Crippen molar-refractivity contribution in [1.29, 1.82) is 0 Å². The first-order valence-corrected chi connectivity index (χ1v) is 9.70. The molecule has 29 heavy (non-hydrogen) atoms. The van der Waals surface area contributed by atoms with Crippen LogP contribution in [0.2, 0.25) is 0 Å². The molecule has 2 bridgehead atoms. The molecule has 3 rings (SSSR count). The number of aliphatic carboxylic acids is 1. The highest BCUT2D eigenvalue weighted by atomic mass is 16.6. The third kappa shape index (κ3) is 3.12. The molecule has 3 aliphatic rings. The van der Waals surface area contributed by atoms with Gasteiger partial charge in [0.1, 0.15) is 16.6 Å². The number of carboxylic acids is 1. The number of cyclic esters (lactones) is 1. The van der Waals surface area contributed by atoms with Gasteiger partial charge in [-0.2, -0.15) is 0 Å². The van der Waals surface area contributed by atoms with E-state index in [2.05, 4.69) is 0 Å². The summed E-state index contributed by atoms with van der Waals surface area (Å²) in [7, 11) is 0. The Bertz CT molecular complexity index is 880. The minimum Gasteiger partial charge on any atom is -0.478 e. The summed E-state index contributed by atoms with van der Waals surface area (Å²) in [6.45, 7) is 6.21. The second kappa shape index (κ2) is 6.97. The highest BCUT2D eigenvalue weighted by Gasteiger charge is 2.75. The van der Waals surface area contributed by atoms with Gasteiger partial charge in [-0.15, -0.1) is 0 Å². The van der Waals surface area contributed by atoms with Gasteiger partial charge in [0.2, 0.25) is 0 Å². The number of carboxylic acid groups (broad SMARTS) is 1. The molecule has 0 unspecified atom stereocenters. The SMILES string of the molecule is CC(=O)O[C@]12CC=C(C)C(=O)C[C@]13CC[C@H]2[C@@](C)(/C=C/C=C(\C)C(=O)O)OC3=O. The smallest absolute Gasteiger partial charge is 0.331 e. The first-order chi connectivity index (χ1) is 13.5. The van der Waals surface area contributed by atoms with E-state index in [0.717, 1.165) is 0 Å². The van der Waals surface area contributed by atoms with Crippen LogP contribution in [0.15, 0.2) is 35.5 Å². The van der Waals surface area contributed by atoms with Crippen molar-refractivity contribution in [3.05, 3.63) is 35.5 Å². The molecule has 0 spiro atoms. The van der Waals surface area contributed by atoms with E-state index in [1.807, 2.05) is 0 Å². The van der Waals surface area contributed by atoms with E-state index in [4.69, 9.17) is 14.6 Å². The second-order valence-electron chi connectivity index (χ2n) is 8.44. The van der Waals surface area contributed by atoms with Gasteiger partial charge >= 0.3 is 17.9 Å². The zero-order valence-electron chi connectivity index (χ0n) is 17.1. The fourth-order valence-corrected chi connectivity index (χ4v) is 5.11. The van der Waals surface area contributed by atoms with Gasteiger partial charge in [0.15, 0.2) is 5.78 Å². The van der Waals surface area contributed by atoms with Crippen molar-refractivity contribution in [1.82, 2.24) is 0 Å². The summed E-state index contributed by atoms with van der Waals surface area (Å²) < 4.78 is 11.7. The maximum Gasteiger partial charge on any atom is 0.331 e.